The molecule has 2 heteroatoms. The van der Waals surface area contributed by atoms with E-state index >= 15 is 0 Å². The number of ether oxygens (including phenoxy) is 1. The highest BCUT2D eigenvalue weighted by atomic mass is 16.5. The van der Waals surface area contributed by atoms with Crippen molar-refractivity contribution in [3.63, 3.8) is 0 Å². The number of rotatable bonds is 7. The predicted octanol–water partition coefficient (Wildman–Crippen LogP) is 3.57. The summed E-state index contributed by atoms with van der Waals surface area (Å²) in [5.74, 6) is 1.80. The lowest BCUT2D eigenvalue weighted by atomic mass is 10.2. The third-order valence-corrected chi connectivity index (χ3v) is 2.45. The summed E-state index contributed by atoms with van der Waals surface area (Å²) in [7, 11) is 0. The van der Waals surface area contributed by atoms with E-state index in [9.17, 15) is 0 Å². The minimum atomic E-state index is 0.419. The summed E-state index contributed by atoms with van der Waals surface area (Å²) in [5.41, 5.74) is 0. The van der Waals surface area contributed by atoms with Crippen molar-refractivity contribution < 1.29 is 4.74 Å². The van der Waals surface area contributed by atoms with Gasteiger partial charge in [-0.2, -0.15) is 5.26 Å². The Labute approximate surface area is 92.2 Å². The maximum Gasteiger partial charge on any atom is 0.116 e. The second-order valence-electron chi connectivity index (χ2n) is 3.90. The molecular formula is C13H19NO. The minimum absolute atomic E-state index is 0.419. The van der Waals surface area contributed by atoms with Gasteiger partial charge in [0, 0.05) is 0 Å². The molecule has 1 aliphatic rings. The van der Waals surface area contributed by atoms with Crippen molar-refractivity contribution in [3.8, 4) is 6.07 Å². The molecule has 2 nitrogen and oxygen atoms in total. The molecule has 1 aliphatic carbocycles. The fourth-order valence-corrected chi connectivity index (χ4v) is 1.45. The second-order valence-corrected chi connectivity index (χ2v) is 3.90. The first-order valence-electron chi connectivity index (χ1n) is 5.69. The molecule has 0 aromatic rings. The molecule has 0 aromatic carbocycles. The molecule has 0 amide bonds. The summed E-state index contributed by atoms with van der Waals surface area (Å²) >= 11 is 0. The molecule has 0 unspecified atom stereocenters. The lowest BCUT2D eigenvalue weighted by Gasteiger charge is -2.05. The van der Waals surface area contributed by atoms with Gasteiger partial charge >= 0.3 is 0 Å². The fraction of sp³-hybridized carbons (Fsp3) is 0.615. The lowest BCUT2D eigenvalue weighted by Crippen LogP contribution is -1.94. The van der Waals surface area contributed by atoms with Gasteiger partial charge in [0.05, 0.1) is 19.1 Å². The highest BCUT2D eigenvalue weighted by Gasteiger charge is 2.20. The van der Waals surface area contributed by atoms with Gasteiger partial charge in [0.2, 0.25) is 0 Å². The van der Waals surface area contributed by atoms with Gasteiger partial charge in [0.25, 0.3) is 0 Å². The minimum Gasteiger partial charge on any atom is -0.494 e. The third-order valence-electron chi connectivity index (χ3n) is 2.45. The molecule has 0 saturated heterocycles. The van der Waals surface area contributed by atoms with Crippen LogP contribution in [-0.2, 0) is 4.74 Å². The molecule has 1 fully saturated rings. The van der Waals surface area contributed by atoms with E-state index in [-0.39, 0.29) is 0 Å². The Morgan fingerprint density at radius 2 is 2.33 bits per heavy atom. The van der Waals surface area contributed by atoms with Crippen LogP contribution in [0.15, 0.2) is 24.0 Å². The van der Waals surface area contributed by atoms with Crippen LogP contribution in [0.3, 0.4) is 0 Å². The molecule has 0 aromatic heterocycles. The number of hydrogen-bond acceptors (Lipinski definition) is 2. The molecular weight excluding hydrogens is 186 g/mol. The molecule has 0 aliphatic heterocycles. The zero-order valence-corrected chi connectivity index (χ0v) is 9.41. The van der Waals surface area contributed by atoms with Gasteiger partial charge in [-0.05, 0) is 37.8 Å². The van der Waals surface area contributed by atoms with Crippen LogP contribution in [0.4, 0.5) is 0 Å². The molecule has 0 heterocycles. The van der Waals surface area contributed by atoms with Gasteiger partial charge in [-0.15, -0.1) is 0 Å². The maximum atomic E-state index is 8.46. The summed E-state index contributed by atoms with van der Waals surface area (Å²) in [5, 5.41) is 8.46. The van der Waals surface area contributed by atoms with E-state index in [0.717, 1.165) is 24.7 Å². The Bertz CT molecular complexity index is 269. The summed E-state index contributed by atoms with van der Waals surface area (Å²) < 4.78 is 5.59. The van der Waals surface area contributed by atoms with Crippen LogP contribution in [0.2, 0.25) is 0 Å². The third kappa shape index (κ3) is 5.96. The average Bonchev–Trinajstić information content (AvgIpc) is 3.04. The molecule has 0 N–H and O–H groups in total. The normalized spacial score (nSPS) is 16.7. The Balaban J connectivity index is 2.15. The topological polar surface area (TPSA) is 33.0 Å². The van der Waals surface area contributed by atoms with E-state index in [4.69, 9.17) is 10.00 Å². The SMILES string of the molecule is C/C=C\C(=C/CC#N)OCCCC1CC1. The second kappa shape index (κ2) is 7.11. The molecule has 0 bridgehead atoms. The van der Waals surface area contributed by atoms with Crippen molar-refractivity contribution in [2.24, 2.45) is 5.92 Å². The van der Waals surface area contributed by atoms with E-state index in [2.05, 4.69) is 6.07 Å². The molecule has 0 atom stereocenters. The van der Waals surface area contributed by atoms with E-state index < -0.39 is 0 Å². The van der Waals surface area contributed by atoms with Crippen LogP contribution in [0.25, 0.3) is 0 Å². The number of hydrogen-bond donors (Lipinski definition) is 0. The number of nitrogens with zero attached hydrogens (tertiary/aromatic N) is 1. The van der Waals surface area contributed by atoms with Crippen LogP contribution < -0.4 is 0 Å². The standard InChI is InChI=1S/C13H19NO/c1-2-5-13(7-3-10-14)15-11-4-6-12-8-9-12/h2,5,7,12H,3-4,6,8-9,11H2,1H3/b5-2-,13-7+. The molecule has 82 valence electrons. The van der Waals surface area contributed by atoms with Gasteiger partial charge in [0.1, 0.15) is 5.76 Å². The van der Waals surface area contributed by atoms with Crippen molar-refractivity contribution in [2.75, 3.05) is 6.61 Å². The zero-order chi connectivity index (χ0) is 10.9. The molecule has 15 heavy (non-hydrogen) atoms. The zero-order valence-electron chi connectivity index (χ0n) is 9.41. The van der Waals surface area contributed by atoms with Crippen molar-refractivity contribution in [3.05, 3.63) is 24.0 Å². The fourth-order valence-electron chi connectivity index (χ4n) is 1.45. The summed E-state index contributed by atoms with van der Waals surface area (Å²) in [6.07, 6.45) is 11.3. The number of allylic oxidation sites excluding steroid dienone is 3. The van der Waals surface area contributed by atoms with E-state index in [1.165, 1.54) is 19.3 Å². The number of nitriles is 1. The van der Waals surface area contributed by atoms with E-state index in [0.29, 0.717) is 6.42 Å². The Morgan fingerprint density at radius 3 is 2.93 bits per heavy atom. The van der Waals surface area contributed by atoms with E-state index in [1.807, 2.05) is 25.2 Å². The van der Waals surface area contributed by atoms with Crippen LogP contribution in [0.5, 0.6) is 0 Å². The Morgan fingerprint density at radius 1 is 1.53 bits per heavy atom. The first-order valence-corrected chi connectivity index (χ1v) is 5.69. The highest BCUT2D eigenvalue weighted by molar-refractivity contribution is 5.12. The summed E-state index contributed by atoms with van der Waals surface area (Å²) in [6, 6.07) is 2.08. The van der Waals surface area contributed by atoms with Crippen LogP contribution >= 0.6 is 0 Å². The summed E-state index contributed by atoms with van der Waals surface area (Å²) in [4.78, 5) is 0. The smallest absolute Gasteiger partial charge is 0.116 e. The Hall–Kier alpha value is -1.23. The van der Waals surface area contributed by atoms with Crippen molar-refractivity contribution in [2.45, 2.75) is 39.0 Å². The van der Waals surface area contributed by atoms with Gasteiger partial charge in [-0.3, -0.25) is 0 Å². The molecule has 0 spiro atoms. The van der Waals surface area contributed by atoms with Crippen molar-refractivity contribution in [1.29, 1.82) is 5.26 Å². The van der Waals surface area contributed by atoms with E-state index in [1.54, 1.807) is 0 Å². The van der Waals surface area contributed by atoms with Crippen LogP contribution in [0.1, 0.15) is 39.0 Å². The summed E-state index contributed by atoms with van der Waals surface area (Å²) in [6.45, 7) is 2.73. The van der Waals surface area contributed by atoms with Crippen molar-refractivity contribution >= 4 is 0 Å². The lowest BCUT2D eigenvalue weighted by molar-refractivity contribution is 0.215. The van der Waals surface area contributed by atoms with Crippen LogP contribution in [-0.4, -0.2) is 6.61 Å². The quantitative estimate of drug-likeness (QED) is 0.361. The highest BCUT2D eigenvalue weighted by Crippen LogP contribution is 2.33. The Kier molecular flexibility index (Phi) is 5.62. The molecule has 1 saturated carbocycles. The monoisotopic (exact) mass is 205 g/mol. The predicted molar refractivity (Wildman–Crippen MR) is 61.0 cm³/mol. The van der Waals surface area contributed by atoms with Crippen molar-refractivity contribution in [1.82, 2.24) is 0 Å². The molecule has 0 radical (unpaired) electrons. The maximum absolute atomic E-state index is 8.46. The van der Waals surface area contributed by atoms with Crippen LogP contribution in [0, 0.1) is 17.2 Å². The first kappa shape index (κ1) is 11.8. The van der Waals surface area contributed by atoms with Gasteiger partial charge in [-0.1, -0.05) is 18.9 Å². The van der Waals surface area contributed by atoms with Gasteiger partial charge in [-0.25, -0.2) is 0 Å². The average molecular weight is 205 g/mol. The largest absolute Gasteiger partial charge is 0.494 e. The molecule has 1 rings (SSSR count). The first-order chi connectivity index (χ1) is 7.36. The van der Waals surface area contributed by atoms with Gasteiger partial charge < -0.3 is 4.74 Å². The van der Waals surface area contributed by atoms with Gasteiger partial charge in [0.15, 0.2) is 0 Å².